The van der Waals surface area contributed by atoms with Gasteiger partial charge in [-0.15, -0.1) is 12.6 Å². The van der Waals surface area contributed by atoms with E-state index in [9.17, 15) is 23.7 Å². The molecule has 2 aromatic carbocycles. The van der Waals surface area contributed by atoms with Gasteiger partial charge < -0.3 is 9.47 Å². The Kier molecular flexibility index (Phi) is 5.05. The van der Waals surface area contributed by atoms with E-state index in [1.54, 1.807) is 0 Å². The quantitative estimate of drug-likeness (QED) is 0.497. The number of rotatable bonds is 3. The van der Waals surface area contributed by atoms with Crippen LogP contribution in [-0.2, 0) is 4.74 Å². The standard InChI is InChI=1S/C16H12F2N2O5S/c17-12-6-5-11(15(26)14(12)18)13-7-24-8-19(13)16(21)25-10-3-1-9(2-4-10)20(22)23/h1-6,13,26H,7-8H2. The zero-order valence-electron chi connectivity index (χ0n) is 13.1. The Bertz CT molecular complexity index is 862. The second-order valence-corrected chi connectivity index (χ2v) is 5.85. The van der Waals surface area contributed by atoms with Crippen molar-refractivity contribution >= 4 is 24.4 Å². The van der Waals surface area contributed by atoms with Crippen molar-refractivity contribution in [1.29, 1.82) is 0 Å². The smallest absolute Gasteiger partial charge is 0.410 e. The lowest BCUT2D eigenvalue weighted by atomic mass is 10.1. The van der Waals surface area contributed by atoms with E-state index in [4.69, 9.17) is 9.47 Å². The second-order valence-electron chi connectivity index (χ2n) is 5.40. The van der Waals surface area contributed by atoms with Gasteiger partial charge in [0, 0.05) is 17.0 Å². The molecular formula is C16H12F2N2O5S. The largest absolute Gasteiger partial charge is 0.417 e. The van der Waals surface area contributed by atoms with E-state index >= 15 is 0 Å². The average Bonchev–Trinajstić information content (AvgIpc) is 3.10. The molecule has 0 bridgehead atoms. The van der Waals surface area contributed by atoms with E-state index in [0.717, 1.165) is 6.07 Å². The average molecular weight is 382 g/mol. The molecular weight excluding hydrogens is 370 g/mol. The number of nitro benzene ring substituents is 1. The van der Waals surface area contributed by atoms with Crippen molar-refractivity contribution in [3.63, 3.8) is 0 Å². The summed E-state index contributed by atoms with van der Waals surface area (Å²) < 4.78 is 37.4. The van der Waals surface area contributed by atoms with Crippen molar-refractivity contribution in [3.8, 4) is 5.75 Å². The number of non-ortho nitro benzene ring substituents is 1. The highest BCUT2D eigenvalue weighted by molar-refractivity contribution is 7.80. The van der Waals surface area contributed by atoms with Crippen molar-refractivity contribution in [2.75, 3.05) is 13.3 Å². The first kappa shape index (κ1) is 18.1. The molecule has 1 saturated heterocycles. The maximum Gasteiger partial charge on any atom is 0.417 e. The molecule has 1 fully saturated rings. The highest BCUT2D eigenvalue weighted by Gasteiger charge is 2.34. The topological polar surface area (TPSA) is 81.9 Å². The Labute approximate surface area is 151 Å². The summed E-state index contributed by atoms with van der Waals surface area (Å²) in [5.41, 5.74) is 0.138. The second kappa shape index (κ2) is 7.26. The molecule has 1 atom stereocenters. The third-order valence-electron chi connectivity index (χ3n) is 3.83. The van der Waals surface area contributed by atoms with E-state index in [0.29, 0.717) is 0 Å². The number of thiol groups is 1. The maximum absolute atomic E-state index is 13.7. The van der Waals surface area contributed by atoms with Gasteiger partial charge in [0.2, 0.25) is 0 Å². The lowest BCUT2D eigenvalue weighted by Crippen LogP contribution is -2.34. The van der Waals surface area contributed by atoms with Crippen molar-refractivity contribution in [2.45, 2.75) is 10.9 Å². The molecule has 1 amide bonds. The van der Waals surface area contributed by atoms with Gasteiger partial charge >= 0.3 is 6.09 Å². The fourth-order valence-corrected chi connectivity index (χ4v) is 2.83. The first-order valence-electron chi connectivity index (χ1n) is 7.36. The fourth-order valence-electron chi connectivity index (χ4n) is 2.50. The van der Waals surface area contributed by atoms with Crippen molar-refractivity contribution in [2.24, 2.45) is 0 Å². The van der Waals surface area contributed by atoms with Gasteiger partial charge in [-0.25, -0.2) is 13.6 Å². The number of benzene rings is 2. The normalized spacial score (nSPS) is 16.6. The lowest BCUT2D eigenvalue weighted by molar-refractivity contribution is -0.384. The number of carbonyl (C=O) groups is 1. The fraction of sp³-hybridized carbons (Fsp3) is 0.188. The van der Waals surface area contributed by atoms with E-state index in [2.05, 4.69) is 12.6 Å². The number of halogens is 2. The van der Waals surface area contributed by atoms with Gasteiger partial charge in [0.25, 0.3) is 5.69 Å². The number of ether oxygens (including phenoxy) is 2. The van der Waals surface area contributed by atoms with Crippen molar-refractivity contribution in [3.05, 3.63) is 63.7 Å². The maximum atomic E-state index is 13.7. The number of hydrogen-bond donors (Lipinski definition) is 1. The van der Waals surface area contributed by atoms with Crippen LogP contribution in [0.25, 0.3) is 0 Å². The Morgan fingerprint density at radius 2 is 1.96 bits per heavy atom. The van der Waals surface area contributed by atoms with Crippen LogP contribution in [0.2, 0.25) is 0 Å². The highest BCUT2D eigenvalue weighted by Crippen LogP contribution is 2.33. The molecule has 0 radical (unpaired) electrons. The molecule has 0 aromatic heterocycles. The molecule has 7 nitrogen and oxygen atoms in total. The molecule has 1 aliphatic rings. The molecule has 26 heavy (non-hydrogen) atoms. The van der Waals surface area contributed by atoms with Gasteiger partial charge in [0.15, 0.2) is 11.6 Å². The third kappa shape index (κ3) is 3.46. The van der Waals surface area contributed by atoms with Gasteiger partial charge in [-0.3, -0.25) is 15.0 Å². The summed E-state index contributed by atoms with van der Waals surface area (Å²) in [6, 6.07) is 6.52. The summed E-state index contributed by atoms with van der Waals surface area (Å²) in [6.07, 6.45) is -0.793. The SMILES string of the molecule is O=C(Oc1ccc([N+](=O)[O-])cc1)N1COCC1c1ccc(F)c(F)c1S. The third-order valence-corrected chi connectivity index (χ3v) is 4.28. The van der Waals surface area contributed by atoms with Crippen LogP contribution in [0.5, 0.6) is 5.75 Å². The van der Waals surface area contributed by atoms with Crippen LogP contribution >= 0.6 is 12.6 Å². The molecule has 1 heterocycles. The lowest BCUT2D eigenvalue weighted by Gasteiger charge is -2.23. The summed E-state index contributed by atoms with van der Waals surface area (Å²) in [7, 11) is 0. The number of nitro groups is 1. The molecule has 3 rings (SSSR count). The summed E-state index contributed by atoms with van der Waals surface area (Å²) in [4.78, 5) is 23.4. The zero-order valence-corrected chi connectivity index (χ0v) is 14.0. The Morgan fingerprint density at radius 3 is 2.62 bits per heavy atom. The number of amides is 1. The molecule has 0 spiro atoms. The number of nitrogens with zero attached hydrogens (tertiary/aromatic N) is 2. The van der Waals surface area contributed by atoms with E-state index < -0.39 is 28.7 Å². The Hall–Kier alpha value is -2.72. The van der Waals surface area contributed by atoms with Crippen molar-refractivity contribution < 1.29 is 28.0 Å². The van der Waals surface area contributed by atoms with Crippen LogP contribution in [0, 0.1) is 21.7 Å². The molecule has 1 aliphatic heterocycles. The molecule has 0 N–H and O–H groups in total. The van der Waals surface area contributed by atoms with E-state index in [-0.39, 0.29) is 35.2 Å². The molecule has 10 heteroatoms. The van der Waals surface area contributed by atoms with Crippen LogP contribution in [0.4, 0.5) is 19.3 Å². The van der Waals surface area contributed by atoms with E-state index in [1.165, 1.54) is 35.2 Å². The van der Waals surface area contributed by atoms with Crippen LogP contribution < -0.4 is 4.74 Å². The predicted molar refractivity (Wildman–Crippen MR) is 88.1 cm³/mol. The molecule has 0 saturated carbocycles. The summed E-state index contributed by atoms with van der Waals surface area (Å²) in [5, 5.41) is 10.6. The number of carbonyl (C=O) groups excluding carboxylic acids is 1. The highest BCUT2D eigenvalue weighted by atomic mass is 32.1. The van der Waals surface area contributed by atoms with Crippen LogP contribution in [0.1, 0.15) is 11.6 Å². The van der Waals surface area contributed by atoms with Gasteiger partial charge in [-0.1, -0.05) is 6.07 Å². The van der Waals surface area contributed by atoms with Gasteiger partial charge in [-0.05, 0) is 23.8 Å². The summed E-state index contributed by atoms with van der Waals surface area (Å²) in [5.74, 6) is -2.05. The van der Waals surface area contributed by atoms with Gasteiger partial charge in [0.1, 0.15) is 12.5 Å². The minimum absolute atomic E-state index is 0.0635. The number of hydrogen-bond acceptors (Lipinski definition) is 6. The first-order valence-corrected chi connectivity index (χ1v) is 7.80. The predicted octanol–water partition coefficient (Wildman–Crippen LogP) is 3.69. The minimum atomic E-state index is -1.11. The van der Waals surface area contributed by atoms with Crippen LogP contribution in [-0.4, -0.2) is 29.3 Å². The Balaban J connectivity index is 1.78. The van der Waals surface area contributed by atoms with Crippen molar-refractivity contribution in [1.82, 2.24) is 4.90 Å². The zero-order chi connectivity index (χ0) is 18.8. The molecule has 2 aromatic rings. The van der Waals surface area contributed by atoms with E-state index in [1.807, 2.05) is 0 Å². The monoisotopic (exact) mass is 382 g/mol. The van der Waals surface area contributed by atoms with Gasteiger partial charge in [-0.2, -0.15) is 0 Å². The van der Waals surface area contributed by atoms with Crippen LogP contribution in [0.15, 0.2) is 41.3 Å². The molecule has 0 aliphatic carbocycles. The summed E-state index contributed by atoms with van der Waals surface area (Å²) in [6.45, 7) is -0.0450. The molecule has 1 unspecified atom stereocenters. The molecule has 136 valence electrons. The van der Waals surface area contributed by atoms with Gasteiger partial charge in [0.05, 0.1) is 17.6 Å². The van der Waals surface area contributed by atoms with Crippen LogP contribution in [0.3, 0.4) is 0 Å². The summed E-state index contributed by atoms with van der Waals surface area (Å²) >= 11 is 3.98. The Morgan fingerprint density at radius 1 is 1.27 bits per heavy atom. The first-order chi connectivity index (χ1) is 12.4. The minimum Gasteiger partial charge on any atom is -0.410 e.